The minimum absolute atomic E-state index is 0.0773. The highest BCUT2D eigenvalue weighted by atomic mass is 16.6. The number of esters is 1. The zero-order chi connectivity index (χ0) is 11.5. The number of carbonyl (C=O) groups excluding carboxylic acids is 1. The van der Waals surface area contributed by atoms with Gasteiger partial charge in [0.05, 0.1) is 38.1 Å². The van der Waals surface area contributed by atoms with Crippen molar-refractivity contribution in [3.05, 3.63) is 0 Å². The van der Waals surface area contributed by atoms with E-state index in [4.69, 9.17) is 14.2 Å². The summed E-state index contributed by atoms with van der Waals surface area (Å²) in [7, 11) is 0. The highest BCUT2D eigenvalue weighted by Crippen LogP contribution is 2.32. The van der Waals surface area contributed by atoms with E-state index in [2.05, 4.69) is 0 Å². The molecule has 1 heterocycles. The molecule has 92 valence electrons. The van der Waals surface area contributed by atoms with Crippen molar-refractivity contribution < 1.29 is 24.1 Å². The molecule has 2 aliphatic rings. The smallest absolute Gasteiger partial charge is 0.314 e. The van der Waals surface area contributed by atoms with Gasteiger partial charge in [-0.1, -0.05) is 0 Å². The number of fused-ring (bicyclic) bond motifs is 1. The van der Waals surface area contributed by atoms with Gasteiger partial charge in [0.2, 0.25) is 0 Å². The number of rotatable bonds is 2. The van der Waals surface area contributed by atoms with Crippen molar-refractivity contribution in [3.63, 3.8) is 0 Å². The largest absolute Gasteiger partial charge is 0.466 e. The Hall–Kier alpha value is -0.650. The molecule has 4 atom stereocenters. The molecule has 1 N–H and O–H groups in total. The lowest BCUT2D eigenvalue weighted by Gasteiger charge is -2.41. The first-order valence-electron chi connectivity index (χ1n) is 5.82. The monoisotopic (exact) mass is 230 g/mol. The molecular formula is C11H18O5. The van der Waals surface area contributed by atoms with Gasteiger partial charge in [0.25, 0.3) is 0 Å². The van der Waals surface area contributed by atoms with Crippen LogP contribution in [0.1, 0.15) is 19.8 Å². The van der Waals surface area contributed by atoms with Crippen molar-refractivity contribution in [2.24, 2.45) is 5.92 Å². The fourth-order valence-corrected chi connectivity index (χ4v) is 2.43. The molecule has 0 amide bonds. The summed E-state index contributed by atoms with van der Waals surface area (Å²) in [5, 5.41) is 9.87. The Kier molecular flexibility index (Phi) is 3.78. The number of aliphatic hydroxyl groups excluding tert-OH is 1. The molecule has 0 aromatic heterocycles. The Morgan fingerprint density at radius 2 is 2.12 bits per heavy atom. The Morgan fingerprint density at radius 1 is 1.38 bits per heavy atom. The van der Waals surface area contributed by atoms with Gasteiger partial charge in [0, 0.05) is 0 Å². The Labute approximate surface area is 94.7 Å². The maximum atomic E-state index is 11.7. The normalized spacial score (nSPS) is 38.9. The lowest BCUT2D eigenvalue weighted by molar-refractivity contribution is -0.206. The van der Waals surface area contributed by atoms with Crippen LogP contribution in [0.25, 0.3) is 0 Å². The summed E-state index contributed by atoms with van der Waals surface area (Å²) < 4.78 is 16.1. The van der Waals surface area contributed by atoms with Crippen LogP contribution in [0.4, 0.5) is 0 Å². The molecule has 0 spiro atoms. The number of carbonyl (C=O) groups is 1. The predicted octanol–water partition coefficient (Wildman–Crippen LogP) is 0.104. The van der Waals surface area contributed by atoms with Gasteiger partial charge in [-0.2, -0.15) is 0 Å². The summed E-state index contributed by atoms with van der Waals surface area (Å²) in [5.41, 5.74) is 0. The average Bonchev–Trinajstić information content (AvgIpc) is 2.29. The van der Waals surface area contributed by atoms with E-state index in [-0.39, 0.29) is 18.2 Å². The standard InChI is InChI=1S/C11H18O5/c1-2-14-11(13)9-7(12)3-4-8-10(9)16-6-5-15-8/h7-10,12H,2-6H2,1H3/t7-,8?,9+,10?/m0/s1. The molecule has 2 unspecified atom stereocenters. The van der Waals surface area contributed by atoms with Gasteiger partial charge in [0.1, 0.15) is 5.92 Å². The third-order valence-corrected chi connectivity index (χ3v) is 3.17. The number of hydrogen-bond acceptors (Lipinski definition) is 5. The molecular weight excluding hydrogens is 212 g/mol. The van der Waals surface area contributed by atoms with E-state index in [1.165, 1.54) is 0 Å². The van der Waals surface area contributed by atoms with Gasteiger partial charge in [-0.3, -0.25) is 4.79 Å². The van der Waals surface area contributed by atoms with Crippen LogP contribution in [0.15, 0.2) is 0 Å². The first-order chi connectivity index (χ1) is 7.74. The van der Waals surface area contributed by atoms with Crippen LogP contribution in [0.2, 0.25) is 0 Å². The van der Waals surface area contributed by atoms with Crippen LogP contribution < -0.4 is 0 Å². The highest BCUT2D eigenvalue weighted by molar-refractivity contribution is 5.74. The van der Waals surface area contributed by atoms with Crippen LogP contribution >= 0.6 is 0 Å². The van der Waals surface area contributed by atoms with Gasteiger partial charge in [-0.25, -0.2) is 0 Å². The second-order valence-electron chi connectivity index (χ2n) is 4.17. The first-order valence-corrected chi connectivity index (χ1v) is 5.82. The first kappa shape index (κ1) is 11.8. The lowest BCUT2D eigenvalue weighted by Crippen LogP contribution is -2.54. The summed E-state index contributed by atoms with van der Waals surface area (Å²) in [6, 6.07) is 0. The summed E-state index contributed by atoms with van der Waals surface area (Å²) >= 11 is 0. The minimum atomic E-state index is -0.679. The third-order valence-electron chi connectivity index (χ3n) is 3.17. The Balaban J connectivity index is 2.08. The Morgan fingerprint density at radius 3 is 2.88 bits per heavy atom. The van der Waals surface area contributed by atoms with Gasteiger partial charge in [-0.15, -0.1) is 0 Å². The topological polar surface area (TPSA) is 65.0 Å². The number of ether oxygens (including phenoxy) is 3. The lowest BCUT2D eigenvalue weighted by atomic mass is 9.81. The molecule has 1 saturated heterocycles. The number of aliphatic hydroxyl groups is 1. The van der Waals surface area contributed by atoms with Gasteiger partial charge < -0.3 is 19.3 Å². The fraction of sp³-hybridized carbons (Fsp3) is 0.909. The molecule has 5 nitrogen and oxygen atoms in total. The van der Waals surface area contributed by atoms with Gasteiger partial charge in [0.15, 0.2) is 0 Å². The van der Waals surface area contributed by atoms with E-state index in [9.17, 15) is 9.90 Å². The quantitative estimate of drug-likeness (QED) is 0.682. The molecule has 0 aromatic carbocycles. The molecule has 1 saturated carbocycles. The minimum Gasteiger partial charge on any atom is -0.466 e. The molecule has 0 radical (unpaired) electrons. The van der Waals surface area contributed by atoms with Crippen molar-refractivity contribution in [1.29, 1.82) is 0 Å². The van der Waals surface area contributed by atoms with Crippen LogP contribution in [0.3, 0.4) is 0 Å². The predicted molar refractivity (Wildman–Crippen MR) is 54.8 cm³/mol. The summed E-state index contributed by atoms with van der Waals surface area (Å²) in [5.74, 6) is -0.978. The maximum Gasteiger partial charge on any atom is 0.314 e. The van der Waals surface area contributed by atoms with Crippen LogP contribution in [-0.4, -0.2) is 49.2 Å². The average molecular weight is 230 g/mol. The van der Waals surface area contributed by atoms with Crippen molar-refractivity contribution in [3.8, 4) is 0 Å². The van der Waals surface area contributed by atoms with E-state index in [0.29, 0.717) is 26.2 Å². The van der Waals surface area contributed by atoms with E-state index in [0.717, 1.165) is 6.42 Å². The zero-order valence-electron chi connectivity index (χ0n) is 9.43. The summed E-state index contributed by atoms with van der Waals surface area (Å²) in [6.45, 7) is 3.11. The molecule has 1 aliphatic heterocycles. The Bertz CT molecular complexity index is 255. The van der Waals surface area contributed by atoms with E-state index >= 15 is 0 Å². The van der Waals surface area contributed by atoms with Crippen molar-refractivity contribution >= 4 is 5.97 Å². The van der Waals surface area contributed by atoms with Crippen molar-refractivity contribution in [1.82, 2.24) is 0 Å². The van der Waals surface area contributed by atoms with E-state index in [1.54, 1.807) is 6.92 Å². The summed E-state index contributed by atoms with van der Waals surface area (Å²) in [6.07, 6.45) is 0.195. The van der Waals surface area contributed by atoms with E-state index in [1.807, 2.05) is 0 Å². The highest BCUT2D eigenvalue weighted by Gasteiger charge is 2.46. The molecule has 5 heteroatoms. The van der Waals surface area contributed by atoms with Crippen LogP contribution in [0.5, 0.6) is 0 Å². The SMILES string of the molecule is CCOC(=O)[C@H]1C2OCCOC2CC[C@@H]1O. The van der Waals surface area contributed by atoms with Crippen molar-refractivity contribution in [2.45, 2.75) is 38.1 Å². The zero-order valence-corrected chi connectivity index (χ0v) is 9.43. The second kappa shape index (κ2) is 5.12. The van der Waals surface area contributed by atoms with E-state index < -0.39 is 12.0 Å². The van der Waals surface area contributed by atoms with Gasteiger partial charge >= 0.3 is 5.97 Å². The molecule has 1 aliphatic carbocycles. The molecule has 0 aromatic rings. The summed E-state index contributed by atoms with van der Waals surface area (Å²) in [4.78, 5) is 11.7. The molecule has 16 heavy (non-hydrogen) atoms. The second-order valence-corrected chi connectivity index (χ2v) is 4.17. The fourth-order valence-electron chi connectivity index (χ4n) is 2.43. The van der Waals surface area contributed by atoms with Gasteiger partial charge in [-0.05, 0) is 19.8 Å². The molecule has 2 rings (SSSR count). The number of hydrogen-bond donors (Lipinski definition) is 1. The maximum absolute atomic E-state index is 11.7. The van der Waals surface area contributed by atoms with Crippen LogP contribution in [-0.2, 0) is 19.0 Å². The van der Waals surface area contributed by atoms with Crippen LogP contribution in [0, 0.1) is 5.92 Å². The van der Waals surface area contributed by atoms with Crippen molar-refractivity contribution in [2.75, 3.05) is 19.8 Å². The third kappa shape index (κ3) is 2.21. The molecule has 0 bridgehead atoms. The molecule has 2 fully saturated rings.